The van der Waals surface area contributed by atoms with E-state index in [0.717, 1.165) is 16.8 Å². The number of aliphatic hydroxyl groups excluding tert-OH is 2. The summed E-state index contributed by atoms with van der Waals surface area (Å²) >= 11 is 6.15. The second-order valence-electron chi connectivity index (χ2n) is 3.93. The summed E-state index contributed by atoms with van der Waals surface area (Å²) in [5, 5.41) is 21.8. The second kappa shape index (κ2) is 6.10. The third-order valence-corrected chi connectivity index (χ3v) is 3.17. The van der Waals surface area contributed by atoms with Gasteiger partial charge in [-0.15, -0.1) is 0 Å². The summed E-state index contributed by atoms with van der Waals surface area (Å²) in [6.45, 7) is 3.75. The summed E-state index contributed by atoms with van der Waals surface area (Å²) in [6, 6.07) is 1.84. The first kappa shape index (κ1) is 14.1. The van der Waals surface area contributed by atoms with Crippen molar-refractivity contribution < 1.29 is 14.9 Å². The van der Waals surface area contributed by atoms with E-state index < -0.39 is 6.10 Å². The number of halogens is 1. The highest BCUT2D eigenvalue weighted by Crippen LogP contribution is 2.35. The van der Waals surface area contributed by atoms with Gasteiger partial charge in [-0.25, -0.2) is 0 Å². The van der Waals surface area contributed by atoms with E-state index in [4.69, 9.17) is 21.4 Å². The molecule has 1 unspecified atom stereocenters. The van der Waals surface area contributed by atoms with Crippen molar-refractivity contribution in [3.8, 4) is 5.75 Å². The smallest absolute Gasteiger partial charge is 0.142 e. The van der Waals surface area contributed by atoms with Crippen molar-refractivity contribution in [2.75, 3.05) is 25.6 Å². The van der Waals surface area contributed by atoms with Gasteiger partial charge in [0.25, 0.3) is 0 Å². The molecule has 0 saturated heterocycles. The summed E-state index contributed by atoms with van der Waals surface area (Å²) in [5.74, 6) is 0.675. The van der Waals surface area contributed by atoms with E-state index in [1.54, 1.807) is 7.11 Å². The Bertz CT molecular complexity index is 396. The fourth-order valence-electron chi connectivity index (χ4n) is 1.59. The molecule has 0 spiro atoms. The molecule has 1 aromatic carbocycles. The van der Waals surface area contributed by atoms with E-state index in [1.165, 1.54) is 0 Å². The maximum atomic E-state index is 9.31. The van der Waals surface area contributed by atoms with Crippen molar-refractivity contribution in [1.29, 1.82) is 0 Å². The van der Waals surface area contributed by atoms with Crippen LogP contribution in [0.4, 0.5) is 5.69 Å². The van der Waals surface area contributed by atoms with Gasteiger partial charge >= 0.3 is 0 Å². The number of rotatable bonds is 5. The highest BCUT2D eigenvalue weighted by atomic mass is 35.5. The molecule has 17 heavy (non-hydrogen) atoms. The van der Waals surface area contributed by atoms with Gasteiger partial charge < -0.3 is 20.3 Å². The van der Waals surface area contributed by atoms with Crippen LogP contribution in [-0.4, -0.2) is 36.6 Å². The fraction of sp³-hybridized carbons (Fsp3) is 0.500. The molecule has 0 aliphatic heterocycles. The molecule has 1 rings (SSSR count). The zero-order chi connectivity index (χ0) is 13.0. The number of nitrogens with one attached hydrogen (secondary N) is 1. The lowest BCUT2D eigenvalue weighted by molar-refractivity contribution is 0.105. The average Bonchev–Trinajstić information content (AvgIpc) is 2.33. The first-order chi connectivity index (χ1) is 8.01. The number of anilines is 1. The second-order valence-corrected chi connectivity index (χ2v) is 4.30. The van der Waals surface area contributed by atoms with E-state index in [1.807, 2.05) is 19.9 Å². The van der Waals surface area contributed by atoms with Crippen LogP contribution < -0.4 is 10.1 Å². The summed E-state index contributed by atoms with van der Waals surface area (Å²) in [7, 11) is 1.58. The summed E-state index contributed by atoms with van der Waals surface area (Å²) in [4.78, 5) is 0. The van der Waals surface area contributed by atoms with Crippen LogP contribution in [0.3, 0.4) is 0 Å². The monoisotopic (exact) mass is 259 g/mol. The van der Waals surface area contributed by atoms with E-state index in [0.29, 0.717) is 10.8 Å². The summed E-state index contributed by atoms with van der Waals surface area (Å²) < 4.78 is 5.26. The van der Waals surface area contributed by atoms with Crippen LogP contribution in [0, 0.1) is 13.8 Å². The van der Waals surface area contributed by atoms with Crippen molar-refractivity contribution in [3.05, 3.63) is 22.2 Å². The SMILES string of the molecule is COc1cc(C)c(Cl)c(C)c1NCC(O)CO. The number of hydrogen-bond donors (Lipinski definition) is 3. The molecule has 5 heteroatoms. The third-order valence-electron chi connectivity index (χ3n) is 2.59. The third kappa shape index (κ3) is 3.25. The number of ether oxygens (including phenoxy) is 1. The quantitative estimate of drug-likeness (QED) is 0.754. The Balaban J connectivity index is 3.00. The van der Waals surface area contributed by atoms with E-state index in [-0.39, 0.29) is 13.2 Å². The molecule has 0 radical (unpaired) electrons. The zero-order valence-corrected chi connectivity index (χ0v) is 11.0. The van der Waals surface area contributed by atoms with Crippen molar-refractivity contribution in [2.45, 2.75) is 20.0 Å². The lowest BCUT2D eigenvalue weighted by Gasteiger charge is -2.18. The van der Waals surface area contributed by atoms with Crippen LogP contribution in [0.15, 0.2) is 6.07 Å². The Morgan fingerprint density at radius 2 is 2.12 bits per heavy atom. The topological polar surface area (TPSA) is 61.7 Å². The van der Waals surface area contributed by atoms with E-state index >= 15 is 0 Å². The molecular weight excluding hydrogens is 242 g/mol. The Hall–Kier alpha value is -0.970. The van der Waals surface area contributed by atoms with Gasteiger partial charge in [-0.2, -0.15) is 0 Å². The normalized spacial score (nSPS) is 12.4. The van der Waals surface area contributed by atoms with Gasteiger partial charge in [0, 0.05) is 11.6 Å². The van der Waals surface area contributed by atoms with E-state index in [2.05, 4.69) is 5.32 Å². The molecule has 0 fully saturated rings. The zero-order valence-electron chi connectivity index (χ0n) is 10.2. The molecule has 3 N–H and O–H groups in total. The van der Waals surface area contributed by atoms with Crippen LogP contribution in [-0.2, 0) is 0 Å². The summed E-state index contributed by atoms with van der Waals surface area (Å²) in [6.07, 6.45) is -0.806. The fourth-order valence-corrected chi connectivity index (χ4v) is 1.74. The van der Waals surface area contributed by atoms with Crippen LogP contribution in [0.2, 0.25) is 5.02 Å². The molecule has 0 bridgehead atoms. The first-order valence-electron chi connectivity index (χ1n) is 5.37. The van der Waals surface area contributed by atoms with Crippen molar-refractivity contribution in [2.24, 2.45) is 0 Å². The molecule has 0 aliphatic rings. The van der Waals surface area contributed by atoms with Gasteiger partial charge in [0.15, 0.2) is 0 Å². The molecule has 1 aromatic rings. The average molecular weight is 260 g/mol. The van der Waals surface area contributed by atoms with Gasteiger partial charge in [-0.1, -0.05) is 11.6 Å². The van der Waals surface area contributed by atoms with Crippen LogP contribution in [0.5, 0.6) is 5.75 Å². The van der Waals surface area contributed by atoms with Crippen molar-refractivity contribution in [1.82, 2.24) is 0 Å². The molecule has 0 aliphatic carbocycles. The molecule has 0 amide bonds. The minimum absolute atomic E-state index is 0.243. The standard InChI is InChI=1S/C12H18ClNO3/c1-7-4-10(17-3)12(8(2)11(7)13)14-5-9(16)6-15/h4,9,14-16H,5-6H2,1-3H3. The number of aryl methyl sites for hydroxylation is 1. The maximum Gasteiger partial charge on any atom is 0.142 e. The molecule has 96 valence electrons. The van der Waals surface area contributed by atoms with E-state index in [9.17, 15) is 5.11 Å². The molecule has 0 heterocycles. The van der Waals surface area contributed by atoms with Gasteiger partial charge in [-0.3, -0.25) is 0 Å². The number of methoxy groups -OCH3 is 1. The number of hydrogen-bond acceptors (Lipinski definition) is 4. The lowest BCUT2D eigenvalue weighted by Crippen LogP contribution is -2.23. The Kier molecular flexibility index (Phi) is 5.05. The number of aliphatic hydroxyl groups is 2. The van der Waals surface area contributed by atoms with Crippen LogP contribution >= 0.6 is 11.6 Å². The Morgan fingerprint density at radius 3 is 2.65 bits per heavy atom. The lowest BCUT2D eigenvalue weighted by atomic mass is 10.1. The number of benzene rings is 1. The molecule has 1 atom stereocenters. The van der Waals surface area contributed by atoms with Crippen LogP contribution in [0.25, 0.3) is 0 Å². The maximum absolute atomic E-state index is 9.31. The molecule has 0 aromatic heterocycles. The Labute approximate surface area is 106 Å². The predicted octanol–water partition coefficient (Wildman–Crippen LogP) is 1.73. The largest absolute Gasteiger partial charge is 0.495 e. The summed E-state index contributed by atoms with van der Waals surface area (Å²) in [5.41, 5.74) is 2.55. The van der Waals surface area contributed by atoms with Gasteiger partial charge in [-0.05, 0) is 31.0 Å². The van der Waals surface area contributed by atoms with Gasteiger partial charge in [0.05, 0.1) is 25.5 Å². The predicted molar refractivity (Wildman–Crippen MR) is 69.1 cm³/mol. The molecule has 4 nitrogen and oxygen atoms in total. The minimum atomic E-state index is -0.806. The first-order valence-corrected chi connectivity index (χ1v) is 5.75. The highest BCUT2D eigenvalue weighted by molar-refractivity contribution is 6.32. The van der Waals surface area contributed by atoms with Crippen LogP contribution in [0.1, 0.15) is 11.1 Å². The van der Waals surface area contributed by atoms with Gasteiger partial charge in [0.1, 0.15) is 5.75 Å². The molecule has 0 saturated carbocycles. The van der Waals surface area contributed by atoms with Crippen molar-refractivity contribution >= 4 is 17.3 Å². The highest BCUT2D eigenvalue weighted by Gasteiger charge is 2.13. The van der Waals surface area contributed by atoms with Gasteiger partial charge in [0.2, 0.25) is 0 Å². The minimum Gasteiger partial charge on any atom is -0.495 e. The Morgan fingerprint density at radius 1 is 1.47 bits per heavy atom. The molecular formula is C12H18ClNO3. The van der Waals surface area contributed by atoms with Crippen molar-refractivity contribution in [3.63, 3.8) is 0 Å².